The lowest BCUT2D eigenvalue weighted by Crippen LogP contribution is -2.58. The molecule has 0 aliphatic carbocycles. The summed E-state index contributed by atoms with van der Waals surface area (Å²) in [4.78, 5) is 20.8. The number of hydrogen-bond acceptors (Lipinski definition) is 6. The molecule has 0 fully saturated rings. The molecule has 2 aromatic heterocycles. The molecule has 0 bridgehead atoms. The Labute approximate surface area is 178 Å². The highest BCUT2D eigenvalue weighted by Crippen LogP contribution is 2.41. The highest BCUT2D eigenvalue weighted by molar-refractivity contribution is 7.99. The molecule has 1 amide bonds. The van der Waals surface area contributed by atoms with Gasteiger partial charge in [0.1, 0.15) is 0 Å². The van der Waals surface area contributed by atoms with Crippen LogP contribution in [0.2, 0.25) is 0 Å². The zero-order valence-corrected chi connectivity index (χ0v) is 18.2. The van der Waals surface area contributed by atoms with Crippen LogP contribution in [0.1, 0.15) is 42.6 Å². The fourth-order valence-electron chi connectivity index (χ4n) is 3.49. The van der Waals surface area contributed by atoms with Crippen LogP contribution in [0, 0.1) is 6.92 Å². The van der Waals surface area contributed by atoms with E-state index in [1.54, 1.807) is 27.8 Å². The first-order valence-electron chi connectivity index (χ1n) is 9.60. The van der Waals surface area contributed by atoms with Crippen molar-refractivity contribution in [2.24, 2.45) is 0 Å². The van der Waals surface area contributed by atoms with E-state index >= 15 is 0 Å². The quantitative estimate of drug-likeness (QED) is 0.353. The van der Waals surface area contributed by atoms with Gasteiger partial charge in [0.25, 0.3) is 10.9 Å². The molecule has 0 N–H and O–H groups in total. The average molecular weight is 427 g/mol. The Morgan fingerprint density at radius 2 is 2.10 bits per heavy atom. The van der Waals surface area contributed by atoms with Gasteiger partial charge in [-0.1, -0.05) is 41.9 Å². The third-order valence-electron chi connectivity index (χ3n) is 4.80. The van der Waals surface area contributed by atoms with Gasteiger partial charge in [0.05, 0.1) is 22.0 Å². The maximum absolute atomic E-state index is 13.1. The van der Waals surface area contributed by atoms with Gasteiger partial charge in [0.2, 0.25) is 5.91 Å². The first kappa shape index (κ1) is 19.8. The van der Waals surface area contributed by atoms with Crippen molar-refractivity contribution in [3.05, 3.63) is 46.2 Å². The van der Waals surface area contributed by atoms with E-state index in [0.29, 0.717) is 22.1 Å². The van der Waals surface area contributed by atoms with E-state index in [9.17, 15) is 9.90 Å². The zero-order chi connectivity index (χ0) is 20.5. The smallest absolute Gasteiger partial charge is 0.302 e. The lowest BCUT2D eigenvalue weighted by Gasteiger charge is -2.32. The minimum atomic E-state index is -0.502. The second kappa shape index (κ2) is 8.12. The van der Waals surface area contributed by atoms with E-state index in [4.69, 9.17) is 5.10 Å². The molecule has 6 nitrogen and oxygen atoms in total. The number of benzene rings is 1. The van der Waals surface area contributed by atoms with Crippen LogP contribution in [0.3, 0.4) is 0 Å². The van der Waals surface area contributed by atoms with Gasteiger partial charge in [-0.25, -0.2) is 9.88 Å². The number of aromatic nitrogens is 3. The Morgan fingerprint density at radius 1 is 1.31 bits per heavy atom. The number of fused-ring (bicyclic) bond motifs is 3. The largest absolute Gasteiger partial charge is 0.854 e. The number of para-hydroxylation sites is 1. The summed E-state index contributed by atoms with van der Waals surface area (Å²) in [7, 11) is 0. The lowest BCUT2D eigenvalue weighted by atomic mass is 10.0. The van der Waals surface area contributed by atoms with Crippen LogP contribution < -0.4 is 14.7 Å². The molecule has 1 aromatic carbocycles. The number of nitrogens with zero attached hydrogens (tertiary/aromatic N) is 4. The molecular weight excluding hydrogens is 404 g/mol. The molecule has 8 heteroatoms. The number of rotatable bonds is 5. The Morgan fingerprint density at radius 3 is 2.79 bits per heavy atom. The topological polar surface area (TPSA) is 73.0 Å². The average Bonchev–Trinajstić information content (AvgIpc) is 3.12. The molecule has 4 rings (SSSR count). The molecule has 0 radical (unpaired) electrons. The Hall–Kier alpha value is -2.45. The standard InChI is InChI=1S/C21H22N4O2S2/c1-4-5-12-28-21-22-19(27)18-15-8-6-7-9-16(15)24(14(3)26)20(25(18)23-21)17-11-10-13(2)29-17/h6-11,20H,4-5,12H2,1-3H3. The van der Waals surface area contributed by atoms with Crippen molar-refractivity contribution in [2.45, 2.75) is 44.9 Å². The number of unbranched alkanes of at least 4 members (excludes halogenated alkanes) is 1. The molecule has 1 aliphatic rings. The van der Waals surface area contributed by atoms with Crippen molar-refractivity contribution < 1.29 is 14.6 Å². The molecule has 0 saturated heterocycles. The van der Waals surface area contributed by atoms with Crippen molar-refractivity contribution in [1.29, 1.82) is 0 Å². The van der Waals surface area contributed by atoms with Crippen LogP contribution >= 0.6 is 23.1 Å². The van der Waals surface area contributed by atoms with Gasteiger partial charge in [-0.3, -0.25) is 4.79 Å². The second-order valence-electron chi connectivity index (χ2n) is 6.92. The molecule has 3 aromatic rings. The molecule has 0 spiro atoms. The monoisotopic (exact) mass is 426 g/mol. The fraction of sp³-hybridized carbons (Fsp3) is 0.333. The summed E-state index contributed by atoms with van der Waals surface area (Å²) in [6, 6.07) is 11.5. The van der Waals surface area contributed by atoms with Crippen LogP contribution in [-0.4, -0.2) is 21.7 Å². The van der Waals surface area contributed by atoms with Gasteiger partial charge in [-0.2, -0.15) is 0 Å². The van der Waals surface area contributed by atoms with E-state index in [0.717, 1.165) is 28.3 Å². The van der Waals surface area contributed by atoms with Crippen LogP contribution in [0.25, 0.3) is 11.3 Å². The summed E-state index contributed by atoms with van der Waals surface area (Å²) < 4.78 is 1.69. The summed E-state index contributed by atoms with van der Waals surface area (Å²) in [5.74, 6) is 0.441. The van der Waals surface area contributed by atoms with Gasteiger partial charge in [-0.05, 0) is 37.6 Å². The lowest BCUT2D eigenvalue weighted by molar-refractivity contribution is -0.763. The van der Waals surface area contributed by atoms with Crippen LogP contribution in [-0.2, 0) is 4.79 Å². The van der Waals surface area contributed by atoms with E-state index in [1.807, 2.05) is 43.3 Å². The van der Waals surface area contributed by atoms with Gasteiger partial charge >= 0.3 is 6.17 Å². The molecule has 150 valence electrons. The first-order valence-corrected chi connectivity index (χ1v) is 11.4. The molecule has 1 unspecified atom stereocenters. The Kier molecular flexibility index (Phi) is 5.56. The third kappa shape index (κ3) is 3.62. The van der Waals surface area contributed by atoms with Gasteiger partial charge < -0.3 is 5.11 Å². The van der Waals surface area contributed by atoms with Crippen molar-refractivity contribution in [3.8, 4) is 17.1 Å². The highest BCUT2D eigenvalue weighted by atomic mass is 32.2. The third-order valence-corrected chi connectivity index (χ3v) is 6.77. The number of carbonyl (C=O) groups is 1. The van der Waals surface area contributed by atoms with Crippen LogP contribution in [0.15, 0.2) is 41.6 Å². The number of amides is 1. The maximum atomic E-state index is 13.1. The normalized spacial score (nSPS) is 15.1. The number of aryl methyl sites for hydroxylation is 1. The van der Waals surface area contributed by atoms with E-state index in [2.05, 4.69) is 11.9 Å². The van der Waals surface area contributed by atoms with E-state index < -0.39 is 6.17 Å². The first-order chi connectivity index (χ1) is 14.0. The Balaban J connectivity index is 1.95. The number of carbonyl (C=O) groups excluding carboxylic acids is 1. The second-order valence-corrected chi connectivity index (χ2v) is 9.30. The van der Waals surface area contributed by atoms with Crippen molar-refractivity contribution in [3.63, 3.8) is 0 Å². The molecular formula is C21H22N4O2S2. The van der Waals surface area contributed by atoms with Gasteiger partial charge in [0.15, 0.2) is 0 Å². The minimum absolute atomic E-state index is 0.0992. The number of hydrogen-bond donors (Lipinski definition) is 0. The molecule has 1 aliphatic heterocycles. The van der Waals surface area contributed by atoms with Crippen LogP contribution in [0.4, 0.5) is 5.69 Å². The van der Waals surface area contributed by atoms with Crippen molar-refractivity contribution in [2.75, 3.05) is 10.7 Å². The minimum Gasteiger partial charge on any atom is -0.854 e. The Bertz CT molecular complexity index is 1070. The summed E-state index contributed by atoms with van der Waals surface area (Å²) >= 11 is 3.09. The summed E-state index contributed by atoms with van der Waals surface area (Å²) in [6.07, 6.45) is 1.59. The van der Waals surface area contributed by atoms with Gasteiger partial charge in [0, 0.05) is 22.7 Å². The fourth-order valence-corrected chi connectivity index (χ4v) is 5.36. The predicted molar refractivity (Wildman–Crippen MR) is 113 cm³/mol. The molecule has 1 atom stereocenters. The summed E-state index contributed by atoms with van der Waals surface area (Å²) in [5.41, 5.74) is 1.82. The maximum Gasteiger partial charge on any atom is 0.302 e. The zero-order valence-electron chi connectivity index (χ0n) is 16.6. The summed E-state index contributed by atoms with van der Waals surface area (Å²) in [6.45, 7) is 5.70. The SMILES string of the molecule is CCCCSc1nc([O-])c2[n+](n1)C(c1ccc(C)s1)N(C(C)=O)c1ccccc1-2. The van der Waals surface area contributed by atoms with Crippen molar-refractivity contribution in [1.82, 2.24) is 10.1 Å². The number of anilines is 1. The van der Waals surface area contributed by atoms with Gasteiger partial charge in [-0.15, -0.1) is 11.3 Å². The van der Waals surface area contributed by atoms with Crippen molar-refractivity contribution >= 4 is 34.7 Å². The van der Waals surface area contributed by atoms with E-state index in [-0.39, 0.29) is 11.8 Å². The summed E-state index contributed by atoms with van der Waals surface area (Å²) in [5, 5.41) is 18.2. The molecule has 3 heterocycles. The molecule has 29 heavy (non-hydrogen) atoms. The molecule has 0 saturated carbocycles. The number of thioether (sulfide) groups is 1. The predicted octanol–water partition coefficient (Wildman–Crippen LogP) is 3.68. The van der Waals surface area contributed by atoms with E-state index in [1.165, 1.54) is 11.8 Å². The number of thiophene rings is 1. The highest BCUT2D eigenvalue weighted by Gasteiger charge is 2.44. The van der Waals surface area contributed by atoms with Crippen LogP contribution in [0.5, 0.6) is 5.88 Å².